The van der Waals surface area contributed by atoms with Crippen LogP contribution in [0.15, 0.2) is 48.7 Å². The predicted octanol–water partition coefficient (Wildman–Crippen LogP) is 4.20. The van der Waals surface area contributed by atoms with Gasteiger partial charge >= 0.3 is 0 Å². The van der Waals surface area contributed by atoms with E-state index < -0.39 is 6.10 Å². The van der Waals surface area contributed by atoms with Crippen molar-refractivity contribution in [1.29, 1.82) is 0 Å². The molecule has 154 valence electrons. The number of hydrogen-bond acceptors (Lipinski definition) is 4. The zero-order valence-corrected chi connectivity index (χ0v) is 17.5. The van der Waals surface area contributed by atoms with Crippen LogP contribution >= 0.6 is 11.6 Å². The van der Waals surface area contributed by atoms with Crippen molar-refractivity contribution in [1.82, 2.24) is 10.3 Å². The number of amides is 1. The molecule has 29 heavy (non-hydrogen) atoms. The molecule has 3 aromatic rings. The summed E-state index contributed by atoms with van der Waals surface area (Å²) in [5.74, 6) is 0.0971. The maximum absolute atomic E-state index is 12.9. The first-order chi connectivity index (χ1) is 13.7. The van der Waals surface area contributed by atoms with Crippen molar-refractivity contribution in [3.05, 3.63) is 59.2 Å². The molecule has 2 aromatic carbocycles. The van der Waals surface area contributed by atoms with Crippen molar-refractivity contribution in [2.45, 2.75) is 32.4 Å². The minimum absolute atomic E-state index is 0.0760. The number of benzene rings is 2. The highest BCUT2D eigenvalue weighted by Gasteiger charge is 2.17. The Morgan fingerprint density at radius 2 is 1.97 bits per heavy atom. The second-order valence-electron chi connectivity index (χ2n) is 7.91. The topological polar surface area (TPSA) is 86.4 Å². The number of hydrogen-bond donors (Lipinski definition) is 4. The van der Waals surface area contributed by atoms with Crippen molar-refractivity contribution >= 4 is 34.1 Å². The molecule has 0 saturated heterocycles. The first-order valence-corrected chi connectivity index (χ1v) is 9.84. The van der Waals surface area contributed by atoms with Crippen LogP contribution in [-0.2, 0) is 0 Å². The summed E-state index contributed by atoms with van der Waals surface area (Å²) in [6.45, 7) is 6.55. The average Bonchev–Trinajstić information content (AvgIpc) is 3.06. The Morgan fingerprint density at radius 3 is 2.72 bits per heavy atom. The first-order valence-electron chi connectivity index (χ1n) is 9.46. The van der Waals surface area contributed by atoms with E-state index in [1.807, 2.05) is 32.9 Å². The molecule has 1 aromatic heterocycles. The van der Waals surface area contributed by atoms with E-state index in [0.717, 1.165) is 10.9 Å². The molecule has 0 aliphatic rings. The van der Waals surface area contributed by atoms with E-state index in [4.69, 9.17) is 16.3 Å². The van der Waals surface area contributed by atoms with Gasteiger partial charge in [-0.2, -0.15) is 0 Å². The summed E-state index contributed by atoms with van der Waals surface area (Å²) in [5.41, 5.74) is 1.74. The van der Waals surface area contributed by atoms with Gasteiger partial charge in [0.25, 0.3) is 5.91 Å². The highest BCUT2D eigenvalue weighted by atomic mass is 35.5. The number of carbonyl (C=O) groups is 1. The number of ether oxygens (including phenoxy) is 1. The van der Waals surface area contributed by atoms with Crippen LogP contribution in [0.4, 0.5) is 5.69 Å². The van der Waals surface area contributed by atoms with Crippen LogP contribution < -0.4 is 15.4 Å². The van der Waals surface area contributed by atoms with Gasteiger partial charge in [-0.3, -0.25) is 4.79 Å². The van der Waals surface area contributed by atoms with Crippen LogP contribution in [0.1, 0.15) is 31.1 Å². The lowest BCUT2D eigenvalue weighted by Crippen LogP contribution is -2.42. The van der Waals surface area contributed by atoms with Crippen LogP contribution in [-0.4, -0.2) is 40.8 Å². The van der Waals surface area contributed by atoms with Crippen molar-refractivity contribution in [2.75, 3.05) is 18.5 Å². The fourth-order valence-corrected chi connectivity index (χ4v) is 3.14. The van der Waals surface area contributed by atoms with Gasteiger partial charge in [0.05, 0.1) is 16.3 Å². The number of aromatic amines is 1. The number of β-amino-alcohol motifs (C(OH)–C–C–N with tert-alkyl or cyclic N) is 1. The summed E-state index contributed by atoms with van der Waals surface area (Å²) < 4.78 is 5.74. The maximum Gasteiger partial charge on any atom is 0.259 e. The van der Waals surface area contributed by atoms with E-state index in [1.54, 1.807) is 36.5 Å². The molecule has 7 heteroatoms. The highest BCUT2D eigenvalue weighted by Crippen LogP contribution is 2.31. The lowest BCUT2D eigenvalue weighted by atomic mass is 10.1. The van der Waals surface area contributed by atoms with E-state index in [-0.39, 0.29) is 18.1 Å². The number of aromatic nitrogens is 1. The van der Waals surface area contributed by atoms with Crippen LogP contribution in [0.2, 0.25) is 5.02 Å². The number of anilines is 1. The Morgan fingerprint density at radius 1 is 1.21 bits per heavy atom. The molecule has 0 radical (unpaired) electrons. The molecule has 1 atom stereocenters. The second-order valence-corrected chi connectivity index (χ2v) is 8.32. The fraction of sp³-hybridized carbons (Fsp3) is 0.318. The highest BCUT2D eigenvalue weighted by molar-refractivity contribution is 6.37. The molecule has 6 nitrogen and oxygen atoms in total. The van der Waals surface area contributed by atoms with Crippen molar-refractivity contribution in [3.63, 3.8) is 0 Å². The third kappa shape index (κ3) is 5.50. The van der Waals surface area contributed by atoms with Crippen molar-refractivity contribution in [3.8, 4) is 5.75 Å². The van der Waals surface area contributed by atoms with Gasteiger partial charge < -0.3 is 25.5 Å². The molecular formula is C22H26ClN3O3. The predicted molar refractivity (Wildman–Crippen MR) is 117 cm³/mol. The van der Waals surface area contributed by atoms with E-state index in [0.29, 0.717) is 28.6 Å². The quantitative estimate of drug-likeness (QED) is 0.465. The molecule has 1 unspecified atom stereocenters. The summed E-state index contributed by atoms with van der Waals surface area (Å²) in [7, 11) is 0. The van der Waals surface area contributed by atoms with Crippen molar-refractivity contribution in [2.24, 2.45) is 0 Å². The van der Waals surface area contributed by atoms with Crippen LogP contribution in [0.5, 0.6) is 5.75 Å². The van der Waals surface area contributed by atoms with Gasteiger partial charge in [-0.05, 0) is 45.0 Å². The Kier molecular flexibility index (Phi) is 6.47. The number of nitrogens with one attached hydrogen (secondary N) is 3. The molecule has 0 aliphatic carbocycles. The van der Waals surface area contributed by atoms with Crippen LogP contribution in [0.3, 0.4) is 0 Å². The SMILES string of the molecule is CC(C)(C)NCC(O)COc1ccccc1C(=O)Nc1cccc2[nH]cc(Cl)c12. The normalized spacial score (nSPS) is 12.7. The molecule has 0 bridgehead atoms. The molecule has 0 fully saturated rings. The smallest absolute Gasteiger partial charge is 0.259 e. The monoisotopic (exact) mass is 415 g/mol. The number of rotatable bonds is 7. The second kappa shape index (κ2) is 8.86. The summed E-state index contributed by atoms with van der Waals surface area (Å²) >= 11 is 6.24. The third-order valence-electron chi connectivity index (χ3n) is 4.34. The first kappa shape index (κ1) is 21.2. The number of para-hydroxylation sites is 1. The standard InChI is InChI=1S/C22H26ClN3O3/c1-22(2,3)25-11-14(27)13-29-19-10-5-4-7-15(19)21(28)26-18-9-6-8-17-20(18)16(23)12-24-17/h4-10,12,14,24-25,27H,11,13H2,1-3H3,(H,26,28). The molecular weight excluding hydrogens is 390 g/mol. The Labute approximate surface area is 175 Å². The lowest BCUT2D eigenvalue weighted by molar-refractivity contribution is 0.0954. The van der Waals surface area contributed by atoms with Crippen LogP contribution in [0.25, 0.3) is 10.9 Å². The summed E-state index contributed by atoms with van der Waals surface area (Å²) in [6.07, 6.45) is 0.990. The Bertz CT molecular complexity index is 994. The maximum atomic E-state index is 12.9. The van der Waals surface area contributed by atoms with Gasteiger partial charge in [0.2, 0.25) is 0 Å². The number of aliphatic hydroxyl groups excluding tert-OH is 1. The number of halogens is 1. The van der Waals surface area contributed by atoms with E-state index >= 15 is 0 Å². The van der Waals surface area contributed by atoms with Gasteiger partial charge in [0, 0.05) is 29.2 Å². The van der Waals surface area contributed by atoms with Gasteiger partial charge in [-0.1, -0.05) is 29.8 Å². The zero-order valence-electron chi connectivity index (χ0n) is 16.8. The van der Waals surface area contributed by atoms with Crippen LogP contribution in [0, 0.1) is 0 Å². The minimum atomic E-state index is -0.697. The molecule has 0 saturated carbocycles. The van der Waals surface area contributed by atoms with E-state index in [1.165, 1.54) is 0 Å². The number of carbonyl (C=O) groups excluding carboxylic acids is 1. The average molecular weight is 416 g/mol. The number of aliphatic hydroxyl groups is 1. The lowest BCUT2D eigenvalue weighted by Gasteiger charge is -2.23. The summed E-state index contributed by atoms with van der Waals surface area (Å²) in [6, 6.07) is 12.5. The Balaban J connectivity index is 1.71. The summed E-state index contributed by atoms with van der Waals surface area (Å²) in [4.78, 5) is 16.0. The molecule has 1 amide bonds. The number of fused-ring (bicyclic) bond motifs is 1. The van der Waals surface area contributed by atoms with E-state index in [9.17, 15) is 9.90 Å². The molecule has 1 heterocycles. The fourth-order valence-electron chi connectivity index (χ4n) is 2.89. The van der Waals surface area contributed by atoms with Gasteiger partial charge in [0.1, 0.15) is 18.5 Å². The van der Waals surface area contributed by atoms with Crippen molar-refractivity contribution < 1.29 is 14.6 Å². The summed E-state index contributed by atoms with van der Waals surface area (Å²) in [5, 5.41) is 17.6. The minimum Gasteiger partial charge on any atom is -0.490 e. The zero-order chi connectivity index (χ0) is 21.0. The van der Waals surface area contributed by atoms with Gasteiger partial charge in [-0.25, -0.2) is 0 Å². The Hall–Kier alpha value is -2.54. The molecule has 0 spiro atoms. The van der Waals surface area contributed by atoms with E-state index in [2.05, 4.69) is 15.6 Å². The van der Waals surface area contributed by atoms with Gasteiger partial charge in [0.15, 0.2) is 0 Å². The van der Waals surface area contributed by atoms with Gasteiger partial charge in [-0.15, -0.1) is 0 Å². The molecule has 4 N–H and O–H groups in total. The molecule has 3 rings (SSSR count). The molecule has 0 aliphatic heterocycles. The third-order valence-corrected chi connectivity index (χ3v) is 4.63. The largest absolute Gasteiger partial charge is 0.490 e. The number of H-pyrrole nitrogens is 1.